The van der Waals surface area contributed by atoms with Crippen LogP contribution in [0.3, 0.4) is 0 Å². The molecule has 1 saturated heterocycles. The number of alkyl halides is 3. The van der Waals surface area contributed by atoms with Gasteiger partial charge in [0.2, 0.25) is 17.8 Å². The van der Waals surface area contributed by atoms with Crippen LogP contribution in [0.5, 0.6) is 0 Å². The monoisotopic (exact) mass is 708 g/mol. The first-order valence-electron chi connectivity index (χ1n) is 16.0. The predicted molar refractivity (Wildman–Crippen MR) is 182 cm³/mol. The zero-order valence-electron chi connectivity index (χ0n) is 27.9. The molecule has 14 heteroatoms. The van der Waals surface area contributed by atoms with Gasteiger partial charge in [0, 0.05) is 38.0 Å². The Bertz CT molecular complexity index is 1760. The van der Waals surface area contributed by atoms with Crippen molar-refractivity contribution in [3.8, 4) is 0 Å². The van der Waals surface area contributed by atoms with E-state index in [1.54, 1.807) is 40.8 Å². The van der Waals surface area contributed by atoms with Crippen molar-refractivity contribution in [3.63, 3.8) is 0 Å². The van der Waals surface area contributed by atoms with Gasteiger partial charge < -0.3 is 25.4 Å². The Hall–Kier alpha value is -3.51. The molecule has 48 heavy (non-hydrogen) atoms. The van der Waals surface area contributed by atoms with Crippen molar-refractivity contribution < 1.29 is 27.6 Å². The van der Waals surface area contributed by atoms with Crippen molar-refractivity contribution in [1.29, 1.82) is 0 Å². The highest BCUT2D eigenvalue weighted by Gasteiger charge is 2.42. The number of nitrogens with one attached hydrogen (secondary N) is 3. The van der Waals surface area contributed by atoms with Gasteiger partial charge in [-0.1, -0.05) is 63.9 Å². The third kappa shape index (κ3) is 7.54. The summed E-state index contributed by atoms with van der Waals surface area (Å²) >= 11 is 13.3. The van der Waals surface area contributed by atoms with Crippen molar-refractivity contribution in [1.82, 2.24) is 20.2 Å². The number of carbonyl (C=O) groups is 3. The standard InChI is InChI=1S/C34H41Cl2F3N6O3/c1-32(2,3)30(48)40-16-18-7-12-22(35)28(27(18)36)43-31-42-23-13-21(29(47)41-20-10-8-19(9-11-20)34(37,38)39)24(14-25(23)44(31)6)45-17-33(4,5)15-26(45)46/h7,12-14,19-20H,8-11,15-17H2,1-6H3,(H,40,48)(H,41,47)(H,42,43)/t19-,20-. The number of imidazole rings is 1. The number of nitrogens with zero attached hydrogens (tertiary/aromatic N) is 3. The van der Waals surface area contributed by atoms with Crippen LogP contribution < -0.4 is 20.9 Å². The molecule has 2 aromatic carbocycles. The summed E-state index contributed by atoms with van der Waals surface area (Å²) in [5.74, 6) is -1.76. The second-order valence-corrected chi connectivity index (χ2v) is 15.5. The number of carbonyl (C=O) groups excluding carboxylic acids is 3. The molecule has 3 N–H and O–H groups in total. The van der Waals surface area contributed by atoms with E-state index in [2.05, 4.69) is 16.0 Å². The van der Waals surface area contributed by atoms with Crippen molar-refractivity contribution in [2.45, 2.75) is 85.5 Å². The molecule has 0 unspecified atom stereocenters. The maximum absolute atomic E-state index is 13.8. The summed E-state index contributed by atoms with van der Waals surface area (Å²) in [6.07, 6.45) is -3.63. The van der Waals surface area contributed by atoms with Crippen LogP contribution >= 0.6 is 23.2 Å². The van der Waals surface area contributed by atoms with Gasteiger partial charge in [-0.3, -0.25) is 14.4 Å². The van der Waals surface area contributed by atoms with Gasteiger partial charge in [-0.05, 0) is 54.9 Å². The zero-order chi connectivity index (χ0) is 35.3. The fraction of sp³-hybridized carbons (Fsp3) is 0.529. The maximum atomic E-state index is 13.8. The number of benzene rings is 2. The Morgan fingerprint density at radius 2 is 1.73 bits per heavy atom. The van der Waals surface area contributed by atoms with Gasteiger partial charge in [-0.25, -0.2) is 4.98 Å². The van der Waals surface area contributed by atoms with Gasteiger partial charge in [-0.2, -0.15) is 13.2 Å². The van der Waals surface area contributed by atoms with Gasteiger partial charge >= 0.3 is 6.18 Å². The Balaban J connectivity index is 1.47. The van der Waals surface area contributed by atoms with Crippen molar-refractivity contribution in [2.75, 3.05) is 16.8 Å². The topological polar surface area (TPSA) is 108 Å². The minimum absolute atomic E-state index is 0.0519. The molecule has 3 aromatic rings. The summed E-state index contributed by atoms with van der Waals surface area (Å²) in [6.45, 7) is 9.97. The lowest BCUT2D eigenvalue weighted by Crippen LogP contribution is -2.40. The second-order valence-electron chi connectivity index (χ2n) is 14.7. The van der Waals surface area contributed by atoms with Crippen molar-refractivity contribution in [2.24, 2.45) is 23.8 Å². The summed E-state index contributed by atoms with van der Waals surface area (Å²) in [4.78, 5) is 45.7. The number of aryl methyl sites for hydroxylation is 1. The summed E-state index contributed by atoms with van der Waals surface area (Å²) in [6, 6.07) is 6.32. The van der Waals surface area contributed by atoms with E-state index in [9.17, 15) is 27.6 Å². The summed E-state index contributed by atoms with van der Waals surface area (Å²) < 4.78 is 41.5. The Labute approximate surface area is 287 Å². The summed E-state index contributed by atoms with van der Waals surface area (Å²) in [5.41, 5.74) is 1.80. The van der Waals surface area contributed by atoms with Crippen molar-refractivity contribution in [3.05, 3.63) is 45.4 Å². The van der Waals surface area contributed by atoms with Crippen LogP contribution in [-0.2, 0) is 23.2 Å². The molecule has 1 saturated carbocycles. The fourth-order valence-corrected chi connectivity index (χ4v) is 6.80. The number of fused-ring (bicyclic) bond motifs is 1. The van der Waals surface area contributed by atoms with E-state index in [4.69, 9.17) is 28.2 Å². The third-order valence-electron chi connectivity index (χ3n) is 9.10. The van der Waals surface area contributed by atoms with Gasteiger partial charge in [0.1, 0.15) is 0 Å². The molecule has 2 heterocycles. The predicted octanol–water partition coefficient (Wildman–Crippen LogP) is 7.90. The lowest BCUT2D eigenvalue weighted by atomic mass is 9.85. The first-order valence-corrected chi connectivity index (χ1v) is 16.7. The van der Waals surface area contributed by atoms with Crippen LogP contribution in [0.15, 0.2) is 24.3 Å². The highest BCUT2D eigenvalue weighted by Crippen LogP contribution is 2.41. The SMILES string of the molecule is Cn1c(Nc2c(Cl)ccc(CNC(=O)C(C)(C)C)c2Cl)nc2cc(C(=O)N[C@H]3CC[C@H](C(F)(F)F)CC3)c(N3CC(C)(C)CC3=O)cc21. The number of halogens is 5. The number of rotatable bonds is 7. The molecular formula is C34H41Cl2F3N6O3. The van der Waals surface area contributed by atoms with Crippen LogP contribution in [0.4, 0.5) is 30.5 Å². The van der Waals surface area contributed by atoms with Crippen LogP contribution in [-0.4, -0.2) is 46.0 Å². The number of anilines is 3. The maximum Gasteiger partial charge on any atom is 0.391 e. The van der Waals surface area contributed by atoms with E-state index in [1.807, 2.05) is 34.6 Å². The Morgan fingerprint density at radius 3 is 2.31 bits per heavy atom. The number of amides is 3. The van der Waals surface area contributed by atoms with Gasteiger partial charge in [-0.15, -0.1) is 0 Å². The molecular weight excluding hydrogens is 668 g/mol. The van der Waals surface area contributed by atoms with Crippen LogP contribution in [0.1, 0.15) is 82.6 Å². The largest absolute Gasteiger partial charge is 0.391 e. The first-order chi connectivity index (χ1) is 22.2. The molecule has 0 atom stereocenters. The first kappa shape index (κ1) is 35.8. The molecule has 2 fully saturated rings. The van der Waals surface area contributed by atoms with E-state index in [1.165, 1.54) is 0 Å². The number of hydrogen-bond acceptors (Lipinski definition) is 5. The van der Waals surface area contributed by atoms with E-state index in [0.29, 0.717) is 56.9 Å². The Morgan fingerprint density at radius 1 is 1.06 bits per heavy atom. The van der Waals surface area contributed by atoms with Crippen LogP contribution in [0.2, 0.25) is 10.0 Å². The number of aromatic nitrogens is 2. The van der Waals surface area contributed by atoms with Crippen LogP contribution in [0, 0.1) is 16.7 Å². The quantitative estimate of drug-likeness (QED) is 0.231. The van der Waals surface area contributed by atoms with Crippen molar-refractivity contribution >= 4 is 69.3 Å². The normalized spacial score (nSPS) is 19.9. The average Bonchev–Trinajstić information content (AvgIpc) is 3.45. The molecule has 1 aliphatic carbocycles. The minimum atomic E-state index is -4.25. The molecule has 0 bridgehead atoms. The van der Waals surface area contributed by atoms with E-state index >= 15 is 0 Å². The summed E-state index contributed by atoms with van der Waals surface area (Å²) in [7, 11) is 1.77. The lowest BCUT2D eigenvalue weighted by molar-refractivity contribution is -0.182. The molecule has 5 rings (SSSR count). The molecule has 260 valence electrons. The second kappa shape index (κ2) is 13.1. The zero-order valence-corrected chi connectivity index (χ0v) is 29.4. The van der Waals surface area contributed by atoms with E-state index < -0.39 is 29.5 Å². The molecule has 1 aromatic heterocycles. The molecule has 9 nitrogen and oxygen atoms in total. The molecule has 3 amide bonds. The van der Waals surface area contributed by atoms with E-state index in [0.717, 1.165) is 0 Å². The molecule has 0 spiro atoms. The lowest BCUT2D eigenvalue weighted by Gasteiger charge is -2.30. The minimum Gasteiger partial charge on any atom is -0.352 e. The highest BCUT2D eigenvalue weighted by molar-refractivity contribution is 6.39. The van der Waals surface area contributed by atoms with Gasteiger partial charge in [0.15, 0.2) is 0 Å². The third-order valence-corrected chi connectivity index (χ3v) is 9.85. The molecule has 0 radical (unpaired) electrons. The van der Waals surface area contributed by atoms with Gasteiger partial charge in [0.05, 0.1) is 43.9 Å². The smallest absolute Gasteiger partial charge is 0.352 e. The summed E-state index contributed by atoms with van der Waals surface area (Å²) in [5, 5.41) is 9.63. The van der Waals surface area contributed by atoms with Crippen LogP contribution in [0.25, 0.3) is 11.0 Å². The molecule has 1 aliphatic heterocycles. The van der Waals surface area contributed by atoms with E-state index in [-0.39, 0.29) is 55.0 Å². The fourth-order valence-electron chi connectivity index (χ4n) is 6.27. The average molecular weight is 710 g/mol. The highest BCUT2D eigenvalue weighted by atomic mass is 35.5. The number of hydrogen-bond donors (Lipinski definition) is 3. The van der Waals surface area contributed by atoms with Gasteiger partial charge in [0.25, 0.3) is 5.91 Å². The molecule has 2 aliphatic rings. The Kier molecular flexibility index (Phi) is 9.75.